The fourth-order valence-corrected chi connectivity index (χ4v) is 2.70. The summed E-state index contributed by atoms with van der Waals surface area (Å²) in [5.74, 6) is 0.283. The molecule has 0 spiro atoms. The molecule has 1 saturated carbocycles. The third kappa shape index (κ3) is 3.03. The summed E-state index contributed by atoms with van der Waals surface area (Å²) >= 11 is 0. The van der Waals surface area contributed by atoms with Crippen LogP contribution < -0.4 is 0 Å². The standard InChI is InChI=1S/C14H21N3O2/c1-4-8-19-14(18)13-11(3)17(16-15-13)12-7-5-6-10(2)9-12/h4,10,12H,1,5-9H2,2-3H3. The Morgan fingerprint density at radius 2 is 2.37 bits per heavy atom. The van der Waals surface area contributed by atoms with Crippen molar-refractivity contribution in [3.05, 3.63) is 24.0 Å². The summed E-state index contributed by atoms with van der Waals surface area (Å²) in [4.78, 5) is 11.8. The van der Waals surface area contributed by atoms with Crippen LogP contribution in [0.5, 0.6) is 0 Å². The SMILES string of the molecule is C=CCOC(=O)c1nnn(C2CCCC(C)C2)c1C. The quantitative estimate of drug-likeness (QED) is 0.619. The van der Waals surface area contributed by atoms with Crippen LogP contribution in [-0.2, 0) is 4.74 Å². The molecule has 0 radical (unpaired) electrons. The molecule has 1 heterocycles. The van der Waals surface area contributed by atoms with Crippen molar-refractivity contribution in [2.45, 2.75) is 45.6 Å². The van der Waals surface area contributed by atoms with Crippen LogP contribution in [0.25, 0.3) is 0 Å². The lowest BCUT2D eigenvalue weighted by molar-refractivity contribution is 0.0542. The van der Waals surface area contributed by atoms with E-state index in [0.717, 1.165) is 18.5 Å². The molecule has 2 rings (SSSR count). The van der Waals surface area contributed by atoms with Crippen molar-refractivity contribution in [1.82, 2.24) is 15.0 Å². The van der Waals surface area contributed by atoms with Gasteiger partial charge >= 0.3 is 5.97 Å². The van der Waals surface area contributed by atoms with E-state index in [1.54, 1.807) is 6.08 Å². The van der Waals surface area contributed by atoms with E-state index in [-0.39, 0.29) is 6.61 Å². The Bertz CT molecular complexity index is 467. The lowest BCUT2D eigenvalue weighted by Gasteiger charge is -2.27. The number of nitrogens with zero attached hydrogens (tertiary/aromatic N) is 3. The van der Waals surface area contributed by atoms with E-state index in [1.807, 2.05) is 11.6 Å². The van der Waals surface area contributed by atoms with E-state index in [4.69, 9.17) is 4.74 Å². The molecule has 0 N–H and O–H groups in total. The van der Waals surface area contributed by atoms with Gasteiger partial charge in [0.05, 0.1) is 11.7 Å². The minimum absolute atomic E-state index is 0.200. The second-order valence-corrected chi connectivity index (χ2v) is 5.28. The zero-order chi connectivity index (χ0) is 13.8. The average Bonchev–Trinajstić information content (AvgIpc) is 2.78. The van der Waals surface area contributed by atoms with Crippen LogP contribution in [0.2, 0.25) is 0 Å². The maximum Gasteiger partial charge on any atom is 0.361 e. The van der Waals surface area contributed by atoms with Crippen LogP contribution in [-0.4, -0.2) is 27.6 Å². The Labute approximate surface area is 113 Å². The average molecular weight is 263 g/mol. The van der Waals surface area contributed by atoms with E-state index < -0.39 is 5.97 Å². The highest BCUT2D eigenvalue weighted by atomic mass is 16.5. The number of hydrogen-bond donors (Lipinski definition) is 0. The lowest BCUT2D eigenvalue weighted by Crippen LogP contribution is -2.20. The third-order valence-electron chi connectivity index (χ3n) is 3.71. The highest BCUT2D eigenvalue weighted by molar-refractivity contribution is 5.88. The van der Waals surface area contributed by atoms with Gasteiger partial charge in [-0.15, -0.1) is 5.10 Å². The number of hydrogen-bond acceptors (Lipinski definition) is 4. The summed E-state index contributed by atoms with van der Waals surface area (Å²) in [6, 6.07) is 0.359. The van der Waals surface area contributed by atoms with Crippen molar-refractivity contribution in [3.8, 4) is 0 Å². The van der Waals surface area contributed by atoms with Gasteiger partial charge in [-0.1, -0.05) is 37.6 Å². The van der Waals surface area contributed by atoms with Crippen LogP contribution >= 0.6 is 0 Å². The zero-order valence-electron chi connectivity index (χ0n) is 11.6. The molecule has 19 heavy (non-hydrogen) atoms. The molecule has 5 heteroatoms. The smallest absolute Gasteiger partial charge is 0.361 e. The van der Waals surface area contributed by atoms with Crippen molar-refractivity contribution in [2.75, 3.05) is 6.61 Å². The first kappa shape index (κ1) is 13.8. The third-order valence-corrected chi connectivity index (χ3v) is 3.71. The Kier molecular flexibility index (Phi) is 4.35. The summed E-state index contributed by atoms with van der Waals surface area (Å²) in [6.07, 6.45) is 6.24. The topological polar surface area (TPSA) is 57.0 Å². The number of rotatable bonds is 4. The number of ether oxygens (including phenoxy) is 1. The molecule has 1 aromatic heterocycles. The first-order valence-corrected chi connectivity index (χ1v) is 6.83. The maximum atomic E-state index is 11.8. The largest absolute Gasteiger partial charge is 0.457 e. The molecule has 1 aliphatic rings. The number of carbonyl (C=O) groups is 1. The van der Waals surface area contributed by atoms with Gasteiger partial charge in [0.15, 0.2) is 5.69 Å². The molecule has 1 aliphatic carbocycles. The second-order valence-electron chi connectivity index (χ2n) is 5.28. The van der Waals surface area contributed by atoms with Gasteiger partial charge in [-0.3, -0.25) is 0 Å². The van der Waals surface area contributed by atoms with Crippen molar-refractivity contribution in [1.29, 1.82) is 0 Å². The molecule has 5 nitrogen and oxygen atoms in total. The molecular weight excluding hydrogens is 242 g/mol. The molecule has 0 amide bonds. The molecule has 0 bridgehead atoms. The summed E-state index contributed by atoms with van der Waals surface area (Å²) in [6.45, 7) is 7.86. The van der Waals surface area contributed by atoms with E-state index >= 15 is 0 Å². The zero-order valence-corrected chi connectivity index (χ0v) is 11.6. The van der Waals surface area contributed by atoms with Crippen molar-refractivity contribution < 1.29 is 9.53 Å². The Hall–Kier alpha value is -1.65. The number of carbonyl (C=O) groups excluding carboxylic acids is 1. The van der Waals surface area contributed by atoms with E-state index in [0.29, 0.717) is 17.7 Å². The Morgan fingerprint density at radius 3 is 3.05 bits per heavy atom. The molecule has 1 aromatic rings. The van der Waals surface area contributed by atoms with Crippen molar-refractivity contribution in [2.24, 2.45) is 5.92 Å². The van der Waals surface area contributed by atoms with Gasteiger partial charge < -0.3 is 4.74 Å². The molecular formula is C14H21N3O2. The van der Waals surface area contributed by atoms with Crippen LogP contribution in [0.4, 0.5) is 0 Å². The van der Waals surface area contributed by atoms with E-state index in [9.17, 15) is 4.79 Å². The van der Waals surface area contributed by atoms with Crippen LogP contribution in [0, 0.1) is 12.8 Å². The fraction of sp³-hybridized carbons (Fsp3) is 0.643. The summed E-state index contributed by atoms with van der Waals surface area (Å²) in [5.41, 5.74) is 1.12. The van der Waals surface area contributed by atoms with Crippen molar-refractivity contribution >= 4 is 5.97 Å². The Balaban J connectivity index is 2.13. The minimum Gasteiger partial charge on any atom is -0.457 e. The van der Waals surface area contributed by atoms with E-state index in [2.05, 4.69) is 23.8 Å². The molecule has 2 unspecified atom stereocenters. The van der Waals surface area contributed by atoms with Gasteiger partial charge in [0.25, 0.3) is 0 Å². The molecule has 0 saturated heterocycles. The molecule has 104 valence electrons. The lowest BCUT2D eigenvalue weighted by atomic mass is 9.87. The highest BCUT2D eigenvalue weighted by Crippen LogP contribution is 2.32. The Morgan fingerprint density at radius 1 is 1.58 bits per heavy atom. The van der Waals surface area contributed by atoms with Gasteiger partial charge in [0.1, 0.15) is 6.61 Å². The number of aromatic nitrogens is 3. The summed E-state index contributed by atoms with van der Waals surface area (Å²) in [7, 11) is 0. The second kappa shape index (κ2) is 5.99. The van der Waals surface area contributed by atoms with Crippen molar-refractivity contribution in [3.63, 3.8) is 0 Å². The van der Waals surface area contributed by atoms with Gasteiger partial charge in [-0.25, -0.2) is 9.48 Å². The van der Waals surface area contributed by atoms with Gasteiger partial charge in [-0.05, 0) is 25.7 Å². The van der Waals surface area contributed by atoms with Crippen LogP contribution in [0.3, 0.4) is 0 Å². The molecule has 0 aliphatic heterocycles. The molecule has 2 atom stereocenters. The predicted octanol–water partition coefficient (Wildman–Crippen LogP) is 2.68. The summed E-state index contributed by atoms with van der Waals surface area (Å²) < 4.78 is 6.90. The fourth-order valence-electron chi connectivity index (χ4n) is 2.70. The predicted molar refractivity (Wildman–Crippen MR) is 71.9 cm³/mol. The van der Waals surface area contributed by atoms with Gasteiger partial charge in [-0.2, -0.15) is 0 Å². The van der Waals surface area contributed by atoms with Gasteiger partial charge in [0.2, 0.25) is 0 Å². The molecule has 0 aromatic carbocycles. The first-order valence-electron chi connectivity index (χ1n) is 6.83. The summed E-state index contributed by atoms with van der Waals surface area (Å²) in [5, 5.41) is 8.12. The highest BCUT2D eigenvalue weighted by Gasteiger charge is 2.25. The van der Waals surface area contributed by atoms with Crippen LogP contribution in [0.1, 0.15) is 54.8 Å². The van der Waals surface area contributed by atoms with Crippen LogP contribution in [0.15, 0.2) is 12.7 Å². The number of esters is 1. The van der Waals surface area contributed by atoms with E-state index in [1.165, 1.54) is 12.8 Å². The minimum atomic E-state index is -0.424. The normalized spacial score (nSPS) is 23.1. The molecule has 1 fully saturated rings. The monoisotopic (exact) mass is 263 g/mol. The maximum absolute atomic E-state index is 11.8. The van der Waals surface area contributed by atoms with Gasteiger partial charge in [0, 0.05) is 0 Å². The first-order chi connectivity index (χ1) is 9.13.